The number of aryl methyl sites for hydroxylation is 2. The van der Waals surface area contributed by atoms with E-state index in [0.29, 0.717) is 5.22 Å². The Labute approximate surface area is 81.4 Å². The SMILES string of the molecule is Cc1nc(SC(C)C(=N)N)oc1C. The van der Waals surface area contributed by atoms with Crippen molar-refractivity contribution in [3.63, 3.8) is 0 Å². The maximum Gasteiger partial charge on any atom is 0.256 e. The molecule has 0 radical (unpaired) electrons. The number of thioether (sulfide) groups is 1. The van der Waals surface area contributed by atoms with Crippen molar-refractivity contribution in [2.24, 2.45) is 5.73 Å². The quantitative estimate of drug-likeness (QED) is 0.441. The lowest BCUT2D eigenvalue weighted by Crippen LogP contribution is -2.21. The van der Waals surface area contributed by atoms with E-state index < -0.39 is 0 Å². The van der Waals surface area contributed by atoms with E-state index in [1.165, 1.54) is 11.8 Å². The fourth-order valence-corrected chi connectivity index (χ4v) is 1.50. The molecule has 0 aliphatic carbocycles. The van der Waals surface area contributed by atoms with Gasteiger partial charge in [0.25, 0.3) is 5.22 Å². The van der Waals surface area contributed by atoms with Crippen molar-refractivity contribution >= 4 is 17.6 Å². The number of oxazole rings is 1. The van der Waals surface area contributed by atoms with Crippen LogP contribution in [-0.2, 0) is 0 Å². The van der Waals surface area contributed by atoms with E-state index in [1.54, 1.807) is 0 Å². The fraction of sp³-hybridized carbons (Fsp3) is 0.500. The van der Waals surface area contributed by atoms with E-state index in [4.69, 9.17) is 15.6 Å². The third kappa shape index (κ3) is 2.48. The Morgan fingerprint density at radius 1 is 1.62 bits per heavy atom. The number of aromatic nitrogens is 1. The highest BCUT2D eigenvalue weighted by molar-refractivity contribution is 8.00. The molecule has 0 spiro atoms. The molecule has 0 aliphatic heterocycles. The smallest absolute Gasteiger partial charge is 0.256 e. The molecule has 13 heavy (non-hydrogen) atoms. The highest BCUT2D eigenvalue weighted by Gasteiger charge is 2.12. The summed E-state index contributed by atoms with van der Waals surface area (Å²) in [5.74, 6) is 0.955. The first-order valence-electron chi connectivity index (χ1n) is 3.95. The van der Waals surface area contributed by atoms with E-state index in [9.17, 15) is 0 Å². The van der Waals surface area contributed by atoms with Gasteiger partial charge < -0.3 is 10.2 Å². The number of hydrogen-bond acceptors (Lipinski definition) is 4. The molecule has 0 fully saturated rings. The largest absolute Gasteiger partial charge is 0.437 e. The van der Waals surface area contributed by atoms with Crippen molar-refractivity contribution < 1.29 is 4.42 Å². The van der Waals surface area contributed by atoms with Crippen LogP contribution in [0.5, 0.6) is 0 Å². The molecule has 72 valence electrons. The zero-order chi connectivity index (χ0) is 10.0. The van der Waals surface area contributed by atoms with Crippen LogP contribution in [0.4, 0.5) is 0 Å². The third-order valence-corrected chi connectivity index (χ3v) is 2.71. The Hall–Kier alpha value is -0.970. The van der Waals surface area contributed by atoms with Gasteiger partial charge in [-0.3, -0.25) is 5.41 Å². The molecule has 1 aromatic rings. The second-order valence-corrected chi connectivity index (χ2v) is 4.13. The summed E-state index contributed by atoms with van der Waals surface area (Å²) in [6.07, 6.45) is 0. The second-order valence-electron chi connectivity index (χ2n) is 2.84. The summed E-state index contributed by atoms with van der Waals surface area (Å²) < 4.78 is 5.33. The van der Waals surface area contributed by atoms with Gasteiger partial charge in [0.1, 0.15) is 11.6 Å². The zero-order valence-corrected chi connectivity index (χ0v) is 8.73. The topological polar surface area (TPSA) is 75.9 Å². The van der Waals surface area contributed by atoms with Crippen LogP contribution >= 0.6 is 11.8 Å². The normalized spacial score (nSPS) is 12.8. The lowest BCUT2D eigenvalue weighted by molar-refractivity contribution is 0.431. The predicted octanol–water partition coefficient (Wildman–Crippen LogP) is 1.71. The molecule has 1 heterocycles. The van der Waals surface area contributed by atoms with Gasteiger partial charge in [0.15, 0.2) is 0 Å². The summed E-state index contributed by atoms with van der Waals surface area (Å²) in [7, 11) is 0. The summed E-state index contributed by atoms with van der Waals surface area (Å²) in [6.45, 7) is 5.61. The van der Waals surface area contributed by atoms with Crippen LogP contribution in [0.3, 0.4) is 0 Å². The van der Waals surface area contributed by atoms with Crippen LogP contribution in [0.25, 0.3) is 0 Å². The molecule has 0 aliphatic rings. The first-order valence-corrected chi connectivity index (χ1v) is 4.83. The minimum absolute atomic E-state index is 0.0857. The maximum atomic E-state index is 7.20. The molecule has 1 unspecified atom stereocenters. The number of hydrogen-bond donors (Lipinski definition) is 2. The van der Waals surface area contributed by atoms with Gasteiger partial charge in [-0.05, 0) is 20.8 Å². The van der Waals surface area contributed by atoms with E-state index in [-0.39, 0.29) is 11.1 Å². The molecule has 5 heteroatoms. The predicted molar refractivity (Wildman–Crippen MR) is 53.2 cm³/mol. The molecule has 1 atom stereocenters. The summed E-state index contributed by atoms with van der Waals surface area (Å²) >= 11 is 1.36. The molecule has 0 saturated carbocycles. The maximum absolute atomic E-state index is 7.20. The number of nitrogens with zero attached hydrogens (tertiary/aromatic N) is 1. The number of amidine groups is 1. The molecule has 0 saturated heterocycles. The van der Waals surface area contributed by atoms with Crippen LogP contribution < -0.4 is 5.73 Å². The highest BCUT2D eigenvalue weighted by Crippen LogP contribution is 2.23. The van der Waals surface area contributed by atoms with Crippen molar-refractivity contribution in [1.29, 1.82) is 5.41 Å². The van der Waals surface area contributed by atoms with Crippen molar-refractivity contribution in [3.8, 4) is 0 Å². The minimum atomic E-state index is -0.0857. The Morgan fingerprint density at radius 3 is 2.62 bits per heavy atom. The van der Waals surface area contributed by atoms with Crippen molar-refractivity contribution in [2.45, 2.75) is 31.2 Å². The first kappa shape index (κ1) is 10.1. The Kier molecular flexibility index (Phi) is 2.98. The van der Waals surface area contributed by atoms with Crippen LogP contribution in [0, 0.1) is 19.3 Å². The van der Waals surface area contributed by atoms with Crippen LogP contribution in [0.1, 0.15) is 18.4 Å². The summed E-state index contributed by atoms with van der Waals surface area (Å²) in [6, 6.07) is 0. The van der Waals surface area contributed by atoms with Gasteiger partial charge in [-0.2, -0.15) is 0 Å². The molecule has 1 aromatic heterocycles. The molecular weight excluding hydrogens is 186 g/mol. The van der Waals surface area contributed by atoms with Crippen LogP contribution in [0.2, 0.25) is 0 Å². The van der Waals surface area contributed by atoms with Crippen molar-refractivity contribution in [2.75, 3.05) is 0 Å². The van der Waals surface area contributed by atoms with Gasteiger partial charge in [0, 0.05) is 0 Å². The summed E-state index contributed by atoms with van der Waals surface area (Å²) in [4.78, 5) is 4.18. The number of rotatable bonds is 3. The summed E-state index contributed by atoms with van der Waals surface area (Å²) in [5.41, 5.74) is 6.21. The van der Waals surface area contributed by atoms with Gasteiger partial charge in [-0.25, -0.2) is 4.98 Å². The van der Waals surface area contributed by atoms with Gasteiger partial charge in [-0.1, -0.05) is 11.8 Å². The molecule has 4 nitrogen and oxygen atoms in total. The second kappa shape index (κ2) is 3.83. The van der Waals surface area contributed by atoms with Crippen molar-refractivity contribution in [3.05, 3.63) is 11.5 Å². The van der Waals surface area contributed by atoms with E-state index in [0.717, 1.165) is 11.5 Å². The van der Waals surface area contributed by atoms with Gasteiger partial charge in [-0.15, -0.1) is 0 Å². The molecule has 0 bridgehead atoms. The first-order chi connectivity index (χ1) is 6.00. The van der Waals surface area contributed by atoms with E-state index >= 15 is 0 Å². The monoisotopic (exact) mass is 199 g/mol. The standard InChI is InChI=1S/C8H13N3OS/c1-4-5(2)12-8(11-4)13-6(3)7(9)10/h6H,1-3H3,(H3,9,10). The molecule has 0 amide bonds. The van der Waals surface area contributed by atoms with E-state index in [2.05, 4.69) is 4.98 Å². The molecule has 1 rings (SSSR count). The lowest BCUT2D eigenvalue weighted by atomic mass is 10.4. The highest BCUT2D eigenvalue weighted by atomic mass is 32.2. The Bertz CT molecular complexity index is 302. The zero-order valence-electron chi connectivity index (χ0n) is 7.92. The Morgan fingerprint density at radius 2 is 2.23 bits per heavy atom. The van der Waals surface area contributed by atoms with Gasteiger partial charge >= 0.3 is 0 Å². The average Bonchev–Trinajstić information content (AvgIpc) is 2.31. The van der Waals surface area contributed by atoms with E-state index in [1.807, 2.05) is 20.8 Å². The molecule has 3 N–H and O–H groups in total. The van der Waals surface area contributed by atoms with Crippen LogP contribution in [0.15, 0.2) is 9.64 Å². The van der Waals surface area contributed by atoms with Crippen molar-refractivity contribution in [1.82, 2.24) is 4.98 Å². The Balaban J connectivity index is 2.69. The fourth-order valence-electron chi connectivity index (χ4n) is 0.708. The third-order valence-electron chi connectivity index (χ3n) is 1.72. The van der Waals surface area contributed by atoms with Crippen LogP contribution in [-0.4, -0.2) is 16.1 Å². The minimum Gasteiger partial charge on any atom is -0.437 e. The molecular formula is C8H13N3OS. The number of nitrogens with two attached hydrogens (primary N) is 1. The lowest BCUT2D eigenvalue weighted by Gasteiger charge is -2.04. The van der Waals surface area contributed by atoms with Gasteiger partial charge in [0.2, 0.25) is 0 Å². The number of nitrogens with one attached hydrogen (secondary N) is 1. The summed E-state index contributed by atoms with van der Waals surface area (Å²) in [5, 5.41) is 7.69. The van der Waals surface area contributed by atoms with Gasteiger partial charge in [0.05, 0.1) is 10.9 Å². The average molecular weight is 199 g/mol. The molecule has 0 aromatic carbocycles.